The Labute approximate surface area is 159 Å². The van der Waals surface area contributed by atoms with E-state index < -0.39 is 38.7 Å². The van der Waals surface area contributed by atoms with Gasteiger partial charge in [-0.3, -0.25) is 4.79 Å². The second kappa shape index (κ2) is 7.87. The van der Waals surface area contributed by atoms with Crippen LogP contribution in [0.1, 0.15) is 17.2 Å². The lowest BCUT2D eigenvalue weighted by atomic mass is 10.1. The number of benzene rings is 2. The van der Waals surface area contributed by atoms with E-state index in [4.69, 9.17) is 11.6 Å². The fourth-order valence-corrected chi connectivity index (χ4v) is 3.21. The lowest BCUT2D eigenvalue weighted by Gasteiger charge is -2.25. The van der Waals surface area contributed by atoms with Gasteiger partial charge >= 0.3 is 6.18 Å². The van der Waals surface area contributed by atoms with Gasteiger partial charge in [-0.05, 0) is 23.8 Å². The SMILES string of the molecule is CN([C@H](C(=O)Nc1ccc(Cl)c(C(F)(F)F)c1)c1ccccc1)S(C)(=O)=O. The second-order valence-corrected chi connectivity index (χ2v) is 8.22. The number of sulfonamides is 1. The van der Waals surface area contributed by atoms with Crippen LogP contribution in [-0.4, -0.2) is 31.9 Å². The molecule has 146 valence electrons. The maximum Gasteiger partial charge on any atom is 0.417 e. The summed E-state index contributed by atoms with van der Waals surface area (Å²) in [5.41, 5.74) is -0.887. The van der Waals surface area contributed by atoms with Gasteiger partial charge in [-0.2, -0.15) is 17.5 Å². The van der Waals surface area contributed by atoms with Gasteiger partial charge in [0.1, 0.15) is 6.04 Å². The molecule has 0 aromatic heterocycles. The topological polar surface area (TPSA) is 66.5 Å². The second-order valence-electron chi connectivity index (χ2n) is 5.77. The molecule has 0 fully saturated rings. The predicted molar refractivity (Wildman–Crippen MR) is 96.9 cm³/mol. The van der Waals surface area contributed by atoms with E-state index in [1.807, 2.05) is 0 Å². The van der Waals surface area contributed by atoms with Gasteiger partial charge in [0.15, 0.2) is 0 Å². The molecule has 0 aliphatic rings. The van der Waals surface area contributed by atoms with Crippen molar-refractivity contribution in [1.82, 2.24) is 4.31 Å². The average molecular weight is 421 g/mol. The van der Waals surface area contributed by atoms with Gasteiger partial charge in [-0.15, -0.1) is 0 Å². The standard InChI is InChI=1S/C17H16ClF3N2O3S/c1-23(27(2,25)26)15(11-6-4-3-5-7-11)16(24)22-12-8-9-14(18)13(10-12)17(19,20)21/h3-10,15H,1-2H3,(H,22,24)/t15-/m0/s1. The van der Waals surface area contributed by atoms with Crippen molar-refractivity contribution in [2.75, 3.05) is 18.6 Å². The molecule has 0 spiro atoms. The summed E-state index contributed by atoms with van der Waals surface area (Å²) >= 11 is 5.57. The molecular weight excluding hydrogens is 405 g/mol. The molecule has 2 rings (SSSR count). The average Bonchev–Trinajstić information content (AvgIpc) is 2.56. The monoisotopic (exact) mass is 420 g/mol. The van der Waals surface area contributed by atoms with E-state index in [9.17, 15) is 26.4 Å². The van der Waals surface area contributed by atoms with Gasteiger partial charge in [0.2, 0.25) is 15.9 Å². The third-order valence-electron chi connectivity index (χ3n) is 3.79. The summed E-state index contributed by atoms with van der Waals surface area (Å²) in [6, 6.07) is 9.69. The van der Waals surface area contributed by atoms with Crippen LogP contribution in [0.5, 0.6) is 0 Å². The fraction of sp³-hybridized carbons (Fsp3) is 0.235. The van der Waals surface area contributed by atoms with Crippen LogP contribution in [-0.2, 0) is 21.0 Å². The molecule has 1 N–H and O–H groups in total. The highest BCUT2D eigenvalue weighted by Gasteiger charge is 2.34. The summed E-state index contributed by atoms with van der Waals surface area (Å²) in [7, 11) is -2.54. The maximum absolute atomic E-state index is 13.0. The lowest BCUT2D eigenvalue weighted by Crippen LogP contribution is -2.38. The molecule has 0 unspecified atom stereocenters. The molecule has 0 radical (unpaired) electrons. The Morgan fingerprint density at radius 2 is 1.74 bits per heavy atom. The third kappa shape index (κ3) is 5.21. The van der Waals surface area contributed by atoms with Crippen LogP contribution in [0.15, 0.2) is 48.5 Å². The number of likely N-dealkylation sites (N-methyl/N-ethyl adjacent to an activating group) is 1. The van der Waals surface area contributed by atoms with Crippen LogP contribution in [0.2, 0.25) is 5.02 Å². The van der Waals surface area contributed by atoms with Crippen molar-refractivity contribution in [3.63, 3.8) is 0 Å². The Kier molecular flexibility index (Phi) is 6.18. The van der Waals surface area contributed by atoms with Gasteiger partial charge in [-0.25, -0.2) is 8.42 Å². The molecular formula is C17H16ClF3N2O3S. The molecule has 2 aromatic carbocycles. The number of nitrogens with zero attached hydrogens (tertiary/aromatic N) is 1. The highest BCUT2D eigenvalue weighted by atomic mass is 35.5. The van der Waals surface area contributed by atoms with E-state index in [-0.39, 0.29) is 5.69 Å². The smallest absolute Gasteiger partial charge is 0.324 e. The zero-order valence-electron chi connectivity index (χ0n) is 14.3. The number of nitrogens with one attached hydrogen (secondary N) is 1. The maximum atomic E-state index is 13.0. The van der Waals surface area contributed by atoms with E-state index in [0.29, 0.717) is 11.6 Å². The van der Waals surface area contributed by atoms with Gasteiger partial charge in [-0.1, -0.05) is 41.9 Å². The van der Waals surface area contributed by atoms with Crippen molar-refractivity contribution in [3.05, 3.63) is 64.7 Å². The highest BCUT2D eigenvalue weighted by Crippen LogP contribution is 2.36. The quantitative estimate of drug-likeness (QED) is 0.797. The lowest BCUT2D eigenvalue weighted by molar-refractivity contribution is -0.137. The number of alkyl halides is 3. The van der Waals surface area contributed by atoms with Crippen molar-refractivity contribution in [2.45, 2.75) is 12.2 Å². The summed E-state index contributed by atoms with van der Waals surface area (Å²) < 4.78 is 63.6. The van der Waals surface area contributed by atoms with Gasteiger partial charge in [0.05, 0.1) is 16.8 Å². The number of hydrogen-bond acceptors (Lipinski definition) is 3. The first-order valence-corrected chi connectivity index (χ1v) is 9.79. The van der Waals surface area contributed by atoms with Crippen molar-refractivity contribution in [3.8, 4) is 0 Å². The third-order valence-corrected chi connectivity index (χ3v) is 5.38. The summed E-state index contributed by atoms with van der Waals surface area (Å²) in [4.78, 5) is 12.7. The predicted octanol–water partition coefficient (Wildman–Crippen LogP) is 3.93. The first-order valence-electron chi connectivity index (χ1n) is 7.57. The largest absolute Gasteiger partial charge is 0.417 e. The molecule has 0 heterocycles. The van der Waals surface area contributed by atoms with Crippen LogP contribution < -0.4 is 5.32 Å². The van der Waals surface area contributed by atoms with Gasteiger partial charge in [0, 0.05) is 12.7 Å². The Morgan fingerprint density at radius 1 is 1.15 bits per heavy atom. The van der Waals surface area contributed by atoms with Crippen LogP contribution in [0, 0.1) is 0 Å². The normalized spacial score (nSPS) is 13.4. The minimum Gasteiger partial charge on any atom is -0.324 e. The molecule has 0 aliphatic carbocycles. The molecule has 10 heteroatoms. The van der Waals surface area contributed by atoms with Gasteiger partial charge in [0.25, 0.3) is 0 Å². The molecule has 0 bridgehead atoms. The Hall–Kier alpha value is -2.10. The number of carbonyl (C=O) groups excluding carboxylic acids is 1. The van der Waals surface area contributed by atoms with Crippen molar-refractivity contribution >= 4 is 33.2 Å². The number of halogens is 4. The molecule has 0 saturated carbocycles. The highest BCUT2D eigenvalue weighted by molar-refractivity contribution is 7.88. The van der Waals surface area contributed by atoms with Crippen molar-refractivity contribution < 1.29 is 26.4 Å². The van der Waals surface area contributed by atoms with Crippen molar-refractivity contribution in [2.24, 2.45) is 0 Å². The number of anilines is 1. The number of amides is 1. The summed E-state index contributed by atoms with van der Waals surface area (Å²) in [5.74, 6) is -0.801. The van der Waals surface area contributed by atoms with Crippen molar-refractivity contribution in [1.29, 1.82) is 0 Å². The summed E-state index contributed by atoms with van der Waals surface area (Å²) in [6.07, 6.45) is -3.76. The number of rotatable bonds is 5. The van der Waals surface area contributed by atoms with E-state index in [1.54, 1.807) is 30.3 Å². The molecule has 27 heavy (non-hydrogen) atoms. The Bertz CT molecular complexity index is 934. The number of carbonyl (C=O) groups is 1. The zero-order chi connectivity index (χ0) is 20.4. The molecule has 5 nitrogen and oxygen atoms in total. The van der Waals surface area contributed by atoms with Crippen LogP contribution >= 0.6 is 11.6 Å². The van der Waals surface area contributed by atoms with Crippen LogP contribution in [0.4, 0.5) is 18.9 Å². The molecule has 1 atom stereocenters. The Balaban J connectivity index is 2.40. The molecule has 0 aliphatic heterocycles. The molecule has 1 amide bonds. The first kappa shape index (κ1) is 21.2. The molecule has 2 aromatic rings. The van der Waals surface area contributed by atoms with Crippen LogP contribution in [0.3, 0.4) is 0 Å². The van der Waals surface area contributed by atoms with E-state index in [0.717, 1.165) is 16.6 Å². The molecule has 0 saturated heterocycles. The van der Waals surface area contributed by atoms with Gasteiger partial charge < -0.3 is 5.32 Å². The number of hydrogen-bond donors (Lipinski definition) is 1. The summed E-state index contributed by atoms with van der Waals surface area (Å²) in [6.45, 7) is 0. The zero-order valence-corrected chi connectivity index (χ0v) is 15.9. The van der Waals surface area contributed by atoms with Crippen LogP contribution in [0.25, 0.3) is 0 Å². The van der Waals surface area contributed by atoms with E-state index in [1.165, 1.54) is 13.1 Å². The van der Waals surface area contributed by atoms with E-state index in [2.05, 4.69) is 5.32 Å². The summed E-state index contributed by atoms with van der Waals surface area (Å²) in [5, 5.41) is 1.82. The minimum atomic E-state index is -4.69. The van der Waals surface area contributed by atoms with E-state index >= 15 is 0 Å². The first-order chi connectivity index (χ1) is 12.4. The Morgan fingerprint density at radius 3 is 2.26 bits per heavy atom. The minimum absolute atomic E-state index is 0.153. The fourth-order valence-electron chi connectivity index (χ4n) is 2.38.